The second kappa shape index (κ2) is 7.17. The Morgan fingerprint density at radius 2 is 1.82 bits per heavy atom. The first-order valence-corrected chi connectivity index (χ1v) is 14.5. The molecule has 0 aliphatic carbocycles. The lowest BCUT2D eigenvalue weighted by molar-refractivity contribution is 0.279. The summed E-state index contributed by atoms with van der Waals surface area (Å²) in [6.07, 6.45) is 7.55. The van der Waals surface area contributed by atoms with Crippen LogP contribution >= 0.6 is 35.3 Å². The Balaban J connectivity index is 2.59. The van der Waals surface area contributed by atoms with Crippen LogP contribution in [0.15, 0.2) is 17.0 Å². The van der Waals surface area contributed by atoms with E-state index in [0.29, 0.717) is 0 Å². The number of fused-ring (bicyclic) bond motifs is 1. The second-order valence-corrected chi connectivity index (χ2v) is 14.4. The third-order valence-corrected chi connectivity index (χ3v) is 8.45. The number of rotatable bonds is 3. The van der Waals surface area contributed by atoms with Gasteiger partial charge in [0.05, 0.1) is 10.7 Å². The molecule has 1 aliphatic heterocycles. The summed E-state index contributed by atoms with van der Waals surface area (Å²) in [5.74, 6) is 4.50. The normalized spacial score (nSPS) is 16.3. The maximum atomic E-state index is 5.95. The van der Waals surface area contributed by atoms with Gasteiger partial charge in [-0.1, -0.05) is 25.6 Å². The highest BCUT2D eigenvalue weighted by Crippen LogP contribution is 2.53. The van der Waals surface area contributed by atoms with Gasteiger partial charge in [-0.3, -0.25) is 0 Å². The van der Waals surface area contributed by atoms with Gasteiger partial charge in [-0.25, -0.2) is 0 Å². The fourth-order valence-electron chi connectivity index (χ4n) is 2.44. The molecule has 0 saturated heterocycles. The van der Waals surface area contributed by atoms with Crippen LogP contribution < -0.4 is 4.74 Å². The van der Waals surface area contributed by atoms with Crippen molar-refractivity contribution >= 4 is 43.4 Å². The van der Waals surface area contributed by atoms with Gasteiger partial charge in [-0.15, -0.1) is 40.8 Å². The van der Waals surface area contributed by atoms with Crippen molar-refractivity contribution in [2.45, 2.75) is 35.0 Å². The lowest BCUT2D eigenvalue weighted by Gasteiger charge is -2.36. The number of hydrogen-bond acceptors (Lipinski definition) is 4. The van der Waals surface area contributed by atoms with Crippen LogP contribution in [0.2, 0.25) is 19.6 Å². The third-order valence-electron chi connectivity index (χ3n) is 3.63. The summed E-state index contributed by atoms with van der Waals surface area (Å²) in [4.78, 5) is 1.22. The molecular formula is C17H24OS3Si. The number of thioether (sulfide) groups is 3. The maximum absolute atomic E-state index is 5.95. The second-order valence-electron chi connectivity index (χ2n) is 6.31. The highest BCUT2D eigenvalue weighted by molar-refractivity contribution is 8.16. The van der Waals surface area contributed by atoms with Crippen LogP contribution in [0.25, 0.3) is 0 Å². The van der Waals surface area contributed by atoms with Crippen LogP contribution in [0.1, 0.15) is 17.5 Å². The fourth-order valence-corrected chi connectivity index (χ4v) is 5.50. The van der Waals surface area contributed by atoms with E-state index in [1.807, 2.05) is 23.5 Å². The van der Waals surface area contributed by atoms with Crippen LogP contribution in [0, 0.1) is 11.5 Å². The van der Waals surface area contributed by atoms with Crippen molar-refractivity contribution in [3.8, 4) is 17.2 Å². The molecule has 0 bridgehead atoms. The number of ether oxygens (including phenoxy) is 1. The van der Waals surface area contributed by atoms with E-state index in [1.165, 1.54) is 10.5 Å². The minimum absolute atomic E-state index is 0.0973. The molecule has 0 unspecified atom stereocenters. The number of hydrogen-bond donors (Lipinski definition) is 0. The average molecular weight is 369 g/mol. The monoisotopic (exact) mass is 368 g/mol. The molecule has 1 aromatic rings. The Bertz CT molecular complexity index is 607. The van der Waals surface area contributed by atoms with Crippen molar-refractivity contribution in [1.29, 1.82) is 0 Å². The van der Waals surface area contributed by atoms with Gasteiger partial charge in [0.25, 0.3) is 0 Å². The van der Waals surface area contributed by atoms with E-state index >= 15 is 0 Å². The highest BCUT2D eigenvalue weighted by Gasteiger charge is 2.37. The van der Waals surface area contributed by atoms with E-state index in [9.17, 15) is 0 Å². The third kappa shape index (κ3) is 3.84. The summed E-state index contributed by atoms with van der Waals surface area (Å²) >= 11 is 5.59. The minimum atomic E-state index is -1.38. The average Bonchev–Trinajstić information content (AvgIpc) is 2.50. The van der Waals surface area contributed by atoms with Crippen LogP contribution in [0.4, 0.5) is 0 Å². The molecule has 1 aromatic carbocycles. The zero-order valence-corrected chi connectivity index (χ0v) is 17.7. The quantitative estimate of drug-likeness (QED) is 0.310. The van der Waals surface area contributed by atoms with Crippen LogP contribution in [0.5, 0.6) is 5.75 Å². The van der Waals surface area contributed by atoms with E-state index < -0.39 is 8.07 Å². The summed E-state index contributed by atoms with van der Waals surface area (Å²) in [6, 6.07) is 4.47. The van der Waals surface area contributed by atoms with Crippen LogP contribution in [-0.2, 0) is 4.08 Å². The summed E-state index contributed by atoms with van der Waals surface area (Å²) in [6.45, 7) is 7.65. The summed E-state index contributed by atoms with van der Waals surface area (Å²) in [5.41, 5.74) is 5.97. The molecule has 0 radical (unpaired) electrons. The molecule has 0 fully saturated rings. The first-order valence-electron chi connectivity index (χ1n) is 7.34. The van der Waals surface area contributed by atoms with Crippen LogP contribution in [0.3, 0.4) is 0 Å². The molecule has 0 atom stereocenters. The van der Waals surface area contributed by atoms with E-state index in [2.05, 4.69) is 62.0 Å². The smallest absolute Gasteiger partial charge is 0.129 e. The molecule has 0 spiro atoms. The molecule has 5 heteroatoms. The molecule has 120 valence electrons. The van der Waals surface area contributed by atoms with Crippen molar-refractivity contribution in [1.82, 2.24) is 0 Å². The van der Waals surface area contributed by atoms with Gasteiger partial charge in [0.1, 0.15) is 13.8 Å². The van der Waals surface area contributed by atoms with Crippen molar-refractivity contribution in [3.63, 3.8) is 0 Å². The van der Waals surface area contributed by atoms with Crippen molar-refractivity contribution < 1.29 is 4.74 Å². The van der Waals surface area contributed by atoms with Crippen LogP contribution in [-0.4, -0.2) is 33.4 Å². The molecule has 0 N–H and O–H groups in total. The summed E-state index contributed by atoms with van der Waals surface area (Å²) in [7, 11) is -1.38. The van der Waals surface area contributed by atoms with Gasteiger partial charge < -0.3 is 4.74 Å². The standard InChI is InChI=1S/C17H24OS3Si/c1-19-16-12-15-14(11-13(16)7-10-22(4,5)6)17(20-2,21-3)8-9-18-15/h11-12H,8-9H2,1-6H3. The van der Waals surface area contributed by atoms with E-state index in [4.69, 9.17) is 4.74 Å². The Morgan fingerprint density at radius 1 is 1.14 bits per heavy atom. The summed E-state index contributed by atoms with van der Waals surface area (Å²) in [5, 5.41) is 0. The van der Waals surface area contributed by atoms with Gasteiger partial charge in [0.2, 0.25) is 0 Å². The Hall–Kier alpha value is -0.153. The molecule has 1 aliphatic rings. The highest BCUT2D eigenvalue weighted by atomic mass is 32.2. The predicted molar refractivity (Wildman–Crippen MR) is 107 cm³/mol. The fraction of sp³-hybridized carbons (Fsp3) is 0.529. The van der Waals surface area contributed by atoms with Crippen molar-refractivity contribution in [2.24, 2.45) is 0 Å². The van der Waals surface area contributed by atoms with E-state index in [-0.39, 0.29) is 4.08 Å². The lowest BCUT2D eigenvalue weighted by atomic mass is 10.0. The van der Waals surface area contributed by atoms with E-state index in [1.54, 1.807) is 11.8 Å². The zero-order valence-electron chi connectivity index (χ0n) is 14.2. The Morgan fingerprint density at radius 3 is 2.36 bits per heavy atom. The molecule has 1 nitrogen and oxygen atoms in total. The van der Waals surface area contributed by atoms with Crippen molar-refractivity contribution in [3.05, 3.63) is 23.3 Å². The Labute approximate surface area is 148 Å². The zero-order chi connectivity index (χ0) is 16.4. The SMILES string of the molecule is CSc1cc2c(cc1C#C[Si](C)(C)C)C(SC)(SC)CCO2. The maximum Gasteiger partial charge on any atom is 0.129 e. The Kier molecular flexibility index (Phi) is 5.93. The topological polar surface area (TPSA) is 9.23 Å². The molecule has 0 aromatic heterocycles. The molecule has 22 heavy (non-hydrogen) atoms. The van der Waals surface area contributed by atoms with Crippen molar-refractivity contribution in [2.75, 3.05) is 25.4 Å². The number of benzene rings is 1. The van der Waals surface area contributed by atoms with Gasteiger partial charge in [0.15, 0.2) is 0 Å². The van der Waals surface area contributed by atoms with Gasteiger partial charge in [-0.05, 0) is 30.9 Å². The lowest BCUT2D eigenvalue weighted by Crippen LogP contribution is -2.26. The largest absolute Gasteiger partial charge is 0.493 e. The molecule has 0 amide bonds. The first kappa shape index (κ1) is 18.2. The van der Waals surface area contributed by atoms with Gasteiger partial charge >= 0.3 is 0 Å². The summed E-state index contributed by atoms with van der Waals surface area (Å²) < 4.78 is 6.04. The van der Waals surface area contributed by atoms with Gasteiger partial charge in [0, 0.05) is 22.4 Å². The van der Waals surface area contributed by atoms with Gasteiger partial charge in [-0.2, -0.15) is 0 Å². The molecule has 0 saturated carbocycles. The minimum Gasteiger partial charge on any atom is -0.493 e. The predicted octanol–water partition coefficient (Wildman–Crippen LogP) is 5.30. The molecular weight excluding hydrogens is 344 g/mol. The van der Waals surface area contributed by atoms with E-state index in [0.717, 1.165) is 24.3 Å². The first-order chi connectivity index (χ1) is 10.3. The molecule has 1 heterocycles. The molecule has 2 rings (SSSR count).